The van der Waals surface area contributed by atoms with Crippen molar-refractivity contribution in [3.63, 3.8) is 0 Å². The molecule has 0 spiro atoms. The van der Waals surface area contributed by atoms with E-state index in [1.807, 2.05) is 24.3 Å². The van der Waals surface area contributed by atoms with Crippen LogP contribution in [0.25, 0.3) is 11.4 Å². The Morgan fingerprint density at radius 1 is 1.26 bits per heavy atom. The first-order valence-electron chi connectivity index (χ1n) is 11.1. The largest absolute Gasteiger partial charge is 0.497 e. The van der Waals surface area contributed by atoms with Gasteiger partial charge in [-0.1, -0.05) is 20.8 Å². The average molecular weight is 429 g/mol. The highest BCUT2D eigenvalue weighted by atomic mass is 16.5. The molecule has 0 amide bonds. The Bertz CT molecular complexity index is 840. The highest BCUT2D eigenvalue weighted by molar-refractivity contribution is 5.79. The number of benzene rings is 1. The van der Waals surface area contributed by atoms with Crippen molar-refractivity contribution in [2.45, 2.75) is 53.2 Å². The highest BCUT2D eigenvalue weighted by Gasteiger charge is 2.35. The van der Waals surface area contributed by atoms with E-state index < -0.39 is 0 Å². The molecule has 2 aromatic rings. The number of guanidine groups is 1. The molecular formula is C23H36N6O2. The summed E-state index contributed by atoms with van der Waals surface area (Å²) >= 11 is 0. The minimum Gasteiger partial charge on any atom is -0.497 e. The Kier molecular flexibility index (Phi) is 7.90. The molecule has 8 nitrogen and oxygen atoms in total. The lowest BCUT2D eigenvalue weighted by molar-refractivity contribution is -0.0835. The molecule has 8 heteroatoms. The molecule has 3 N–H and O–H groups in total. The number of nitrogens with one attached hydrogen (secondary N) is 3. The molecule has 0 radical (unpaired) electrons. The zero-order valence-electron chi connectivity index (χ0n) is 19.4. The standard InChI is InChI=1S/C23H36N6O2/c1-6-24-22(25-14-17-8-7-13-31-20(17)23(2,3)4)26-15-19-27-21(29-28-19)16-9-11-18(30-5)12-10-16/h9-12,17,20H,6-8,13-15H2,1-5H3,(H2,24,25,26)(H,27,28,29). The fraction of sp³-hybridized carbons (Fsp3) is 0.609. The number of H-pyrrole nitrogens is 1. The van der Waals surface area contributed by atoms with Gasteiger partial charge >= 0.3 is 0 Å². The normalized spacial score (nSPS) is 19.8. The van der Waals surface area contributed by atoms with Gasteiger partial charge in [-0.3, -0.25) is 5.10 Å². The summed E-state index contributed by atoms with van der Waals surface area (Å²) in [5.74, 6) is 3.42. The Morgan fingerprint density at radius 2 is 2.03 bits per heavy atom. The van der Waals surface area contributed by atoms with E-state index in [0.717, 1.165) is 49.2 Å². The van der Waals surface area contributed by atoms with Gasteiger partial charge in [0.25, 0.3) is 0 Å². The van der Waals surface area contributed by atoms with Crippen molar-refractivity contribution < 1.29 is 9.47 Å². The number of aromatic nitrogens is 3. The average Bonchev–Trinajstić information content (AvgIpc) is 3.24. The van der Waals surface area contributed by atoms with E-state index in [1.165, 1.54) is 6.42 Å². The van der Waals surface area contributed by atoms with Gasteiger partial charge in [-0.05, 0) is 49.4 Å². The van der Waals surface area contributed by atoms with Gasteiger partial charge in [-0.2, -0.15) is 5.10 Å². The molecule has 170 valence electrons. The molecule has 1 aromatic heterocycles. The summed E-state index contributed by atoms with van der Waals surface area (Å²) in [6, 6.07) is 7.68. The second kappa shape index (κ2) is 10.6. The van der Waals surface area contributed by atoms with Crippen molar-refractivity contribution in [1.82, 2.24) is 25.8 Å². The summed E-state index contributed by atoms with van der Waals surface area (Å²) in [5, 5.41) is 14.1. The summed E-state index contributed by atoms with van der Waals surface area (Å²) in [7, 11) is 1.65. The van der Waals surface area contributed by atoms with E-state index in [-0.39, 0.29) is 11.5 Å². The van der Waals surface area contributed by atoms with Gasteiger partial charge in [-0.25, -0.2) is 9.98 Å². The molecule has 1 aliphatic rings. The molecule has 2 unspecified atom stereocenters. The third-order valence-corrected chi connectivity index (χ3v) is 5.44. The van der Waals surface area contributed by atoms with Crippen LogP contribution < -0.4 is 15.4 Å². The maximum Gasteiger partial charge on any atom is 0.191 e. The quantitative estimate of drug-likeness (QED) is 0.462. The molecule has 2 heterocycles. The highest BCUT2D eigenvalue weighted by Crippen LogP contribution is 2.33. The summed E-state index contributed by atoms with van der Waals surface area (Å²) in [6.07, 6.45) is 2.53. The predicted octanol–water partition coefficient (Wildman–Crippen LogP) is 3.38. The van der Waals surface area contributed by atoms with E-state index in [1.54, 1.807) is 7.11 Å². The minimum absolute atomic E-state index is 0.125. The van der Waals surface area contributed by atoms with E-state index in [2.05, 4.69) is 58.5 Å². The van der Waals surface area contributed by atoms with E-state index in [0.29, 0.717) is 18.3 Å². The molecule has 2 atom stereocenters. The lowest BCUT2D eigenvalue weighted by atomic mass is 9.78. The van der Waals surface area contributed by atoms with Gasteiger partial charge in [0.05, 0.1) is 13.2 Å². The number of aromatic amines is 1. The molecule has 1 fully saturated rings. The number of hydrogen-bond acceptors (Lipinski definition) is 5. The zero-order chi connectivity index (χ0) is 22.3. The summed E-state index contributed by atoms with van der Waals surface area (Å²) in [4.78, 5) is 9.26. The maximum absolute atomic E-state index is 6.10. The van der Waals surface area contributed by atoms with Gasteiger partial charge in [0, 0.05) is 31.2 Å². The van der Waals surface area contributed by atoms with Crippen LogP contribution in [0.5, 0.6) is 5.75 Å². The lowest BCUT2D eigenvalue weighted by Crippen LogP contribution is -2.47. The molecule has 1 aromatic carbocycles. The molecular weight excluding hydrogens is 392 g/mol. The number of rotatable bonds is 7. The SMILES string of the molecule is CCNC(=NCc1nc(-c2ccc(OC)cc2)n[nH]1)NCC1CCCOC1C(C)(C)C. The Hall–Kier alpha value is -2.61. The van der Waals surface area contributed by atoms with Gasteiger partial charge in [0.1, 0.15) is 18.1 Å². The van der Waals surface area contributed by atoms with Crippen LogP contribution in [0.2, 0.25) is 0 Å². The van der Waals surface area contributed by atoms with E-state index >= 15 is 0 Å². The molecule has 1 aliphatic heterocycles. The Balaban J connectivity index is 1.61. The van der Waals surface area contributed by atoms with Crippen LogP contribution in [0.1, 0.15) is 46.4 Å². The van der Waals surface area contributed by atoms with Crippen LogP contribution in [0.15, 0.2) is 29.3 Å². The predicted molar refractivity (Wildman–Crippen MR) is 123 cm³/mol. The summed E-state index contributed by atoms with van der Waals surface area (Å²) < 4.78 is 11.3. The molecule has 0 bridgehead atoms. The third-order valence-electron chi connectivity index (χ3n) is 5.44. The first kappa shape index (κ1) is 23.1. The molecule has 3 rings (SSSR count). The van der Waals surface area contributed by atoms with Gasteiger partial charge < -0.3 is 20.1 Å². The van der Waals surface area contributed by atoms with Crippen molar-refractivity contribution in [1.29, 1.82) is 0 Å². The van der Waals surface area contributed by atoms with Crippen LogP contribution in [0, 0.1) is 11.3 Å². The third kappa shape index (κ3) is 6.43. The zero-order valence-corrected chi connectivity index (χ0v) is 19.4. The van der Waals surface area contributed by atoms with Gasteiger partial charge in [0.2, 0.25) is 0 Å². The van der Waals surface area contributed by atoms with Crippen molar-refractivity contribution >= 4 is 5.96 Å². The van der Waals surface area contributed by atoms with E-state index in [9.17, 15) is 0 Å². The van der Waals surface area contributed by atoms with Crippen LogP contribution in [0.4, 0.5) is 0 Å². The number of methoxy groups -OCH3 is 1. The second-order valence-corrected chi connectivity index (χ2v) is 8.97. The maximum atomic E-state index is 6.10. The molecule has 31 heavy (non-hydrogen) atoms. The number of nitrogens with zero attached hydrogens (tertiary/aromatic N) is 3. The second-order valence-electron chi connectivity index (χ2n) is 8.97. The Labute approximate surface area is 185 Å². The minimum atomic E-state index is 0.125. The molecule has 0 aliphatic carbocycles. The van der Waals surface area contributed by atoms with Crippen LogP contribution >= 0.6 is 0 Å². The monoisotopic (exact) mass is 428 g/mol. The molecule has 0 saturated carbocycles. The van der Waals surface area contributed by atoms with Crippen LogP contribution in [-0.2, 0) is 11.3 Å². The fourth-order valence-electron chi connectivity index (χ4n) is 3.97. The first-order chi connectivity index (χ1) is 14.9. The number of hydrogen-bond donors (Lipinski definition) is 3. The summed E-state index contributed by atoms with van der Waals surface area (Å²) in [5.41, 5.74) is 1.06. The van der Waals surface area contributed by atoms with Gasteiger partial charge in [0.15, 0.2) is 11.8 Å². The summed E-state index contributed by atoms with van der Waals surface area (Å²) in [6.45, 7) is 11.7. The van der Waals surface area contributed by atoms with E-state index in [4.69, 9.17) is 9.47 Å². The van der Waals surface area contributed by atoms with Gasteiger partial charge in [-0.15, -0.1) is 0 Å². The van der Waals surface area contributed by atoms with Crippen molar-refractivity contribution in [2.24, 2.45) is 16.3 Å². The lowest BCUT2D eigenvalue weighted by Gasteiger charge is -2.40. The smallest absolute Gasteiger partial charge is 0.191 e. The number of ether oxygens (including phenoxy) is 2. The topological polar surface area (TPSA) is 96.5 Å². The fourth-order valence-corrected chi connectivity index (χ4v) is 3.97. The Morgan fingerprint density at radius 3 is 2.71 bits per heavy atom. The van der Waals surface area contributed by atoms with Crippen molar-refractivity contribution in [3.8, 4) is 17.1 Å². The van der Waals surface area contributed by atoms with Crippen molar-refractivity contribution in [3.05, 3.63) is 30.1 Å². The van der Waals surface area contributed by atoms with Crippen LogP contribution in [-0.4, -0.2) is 54.1 Å². The first-order valence-corrected chi connectivity index (χ1v) is 11.1. The molecule has 1 saturated heterocycles. The number of aliphatic imine (C=N–C) groups is 1. The van der Waals surface area contributed by atoms with Crippen LogP contribution in [0.3, 0.4) is 0 Å². The van der Waals surface area contributed by atoms with Crippen molar-refractivity contribution in [2.75, 3.05) is 26.8 Å².